The van der Waals surface area contributed by atoms with Gasteiger partial charge in [0.1, 0.15) is 6.04 Å². The number of hydrogen-bond donors (Lipinski definition) is 1. The lowest BCUT2D eigenvalue weighted by Gasteiger charge is -2.29. The molecule has 1 aliphatic heterocycles. The van der Waals surface area contributed by atoms with Crippen LogP contribution in [0.5, 0.6) is 0 Å². The van der Waals surface area contributed by atoms with Gasteiger partial charge in [0.15, 0.2) is 5.11 Å². The molecule has 2 aromatic carbocycles. The van der Waals surface area contributed by atoms with Gasteiger partial charge in [-0.05, 0) is 72.9 Å². The largest absolute Gasteiger partial charge is 0.351 e. The highest BCUT2D eigenvalue weighted by Crippen LogP contribution is 2.42. The van der Waals surface area contributed by atoms with Crippen LogP contribution in [0.3, 0.4) is 0 Å². The molecule has 1 fully saturated rings. The maximum atomic E-state index is 5.81. The summed E-state index contributed by atoms with van der Waals surface area (Å²) in [4.78, 5) is 6.82. The summed E-state index contributed by atoms with van der Waals surface area (Å²) in [7, 11) is 0. The zero-order chi connectivity index (χ0) is 20.5. The predicted molar refractivity (Wildman–Crippen MR) is 128 cm³/mol. The molecule has 1 saturated heterocycles. The summed E-state index contributed by atoms with van der Waals surface area (Å²) in [5.74, 6) is 0. The zero-order valence-corrected chi connectivity index (χ0v) is 18.4. The Morgan fingerprint density at radius 2 is 1.60 bits per heavy atom. The molecule has 0 radical (unpaired) electrons. The van der Waals surface area contributed by atoms with Crippen molar-refractivity contribution in [2.75, 3.05) is 4.90 Å². The van der Waals surface area contributed by atoms with Crippen LogP contribution in [-0.2, 0) is 0 Å². The summed E-state index contributed by atoms with van der Waals surface area (Å²) in [5.41, 5.74) is 4.27. The second kappa shape index (κ2) is 8.05. The Labute approximate surface area is 189 Å². The minimum Gasteiger partial charge on any atom is -0.351 e. The molecule has 0 bridgehead atoms. The molecule has 0 unspecified atom stereocenters. The van der Waals surface area contributed by atoms with Crippen molar-refractivity contribution >= 4 is 38.9 Å². The van der Waals surface area contributed by atoms with Gasteiger partial charge in [0.05, 0.1) is 11.7 Å². The van der Waals surface area contributed by atoms with E-state index < -0.39 is 0 Å². The molecule has 0 amide bonds. The molecule has 0 aliphatic carbocycles. The van der Waals surface area contributed by atoms with Crippen LogP contribution in [0.25, 0.3) is 5.69 Å². The standard InChI is InChI=1S/C24H19BrN4S/c25-17-11-13-19(14-12-17)29-23(22(27-24(29)30)20-9-4-5-15-26-20)21-10-6-16-28(21)18-7-2-1-3-8-18/h1-16,22-23H,(H,27,30)/t22-,23+/m0/s1. The lowest BCUT2D eigenvalue weighted by Crippen LogP contribution is -2.30. The number of rotatable bonds is 4. The zero-order valence-electron chi connectivity index (χ0n) is 16.0. The summed E-state index contributed by atoms with van der Waals surface area (Å²) in [6, 6.07) is 28.7. The first-order valence-corrected chi connectivity index (χ1v) is 10.9. The van der Waals surface area contributed by atoms with Crippen LogP contribution in [0.4, 0.5) is 5.69 Å². The number of halogens is 1. The molecule has 0 spiro atoms. The van der Waals surface area contributed by atoms with Gasteiger partial charge in [-0.3, -0.25) is 4.98 Å². The fourth-order valence-corrected chi connectivity index (χ4v) is 4.60. The van der Waals surface area contributed by atoms with Gasteiger partial charge in [0.2, 0.25) is 0 Å². The monoisotopic (exact) mass is 474 g/mol. The van der Waals surface area contributed by atoms with Gasteiger partial charge in [-0.2, -0.15) is 0 Å². The Hall–Kier alpha value is -2.96. The molecule has 30 heavy (non-hydrogen) atoms. The minimum absolute atomic E-state index is 0.0521. The van der Waals surface area contributed by atoms with Crippen molar-refractivity contribution < 1.29 is 0 Å². The van der Waals surface area contributed by atoms with E-state index >= 15 is 0 Å². The average molecular weight is 475 g/mol. The highest BCUT2D eigenvalue weighted by Gasteiger charge is 2.42. The van der Waals surface area contributed by atoms with E-state index in [1.807, 2.05) is 42.6 Å². The lowest BCUT2D eigenvalue weighted by atomic mass is 10.0. The number of nitrogens with one attached hydrogen (secondary N) is 1. The smallest absolute Gasteiger partial charge is 0.174 e. The third-order valence-corrected chi connectivity index (χ3v) is 6.16. The Balaban J connectivity index is 1.67. The van der Waals surface area contributed by atoms with Crippen LogP contribution < -0.4 is 10.2 Å². The number of hydrogen-bond acceptors (Lipinski definition) is 2. The number of aromatic nitrogens is 2. The molecule has 2 atom stereocenters. The average Bonchev–Trinajstić information content (AvgIpc) is 3.40. The third kappa shape index (κ3) is 3.42. The second-order valence-electron chi connectivity index (χ2n) is 7.11. The van der Waals surface area contributed by atoms with Crippen LogP contribution >= 0.6 is 28.1 Å². The molecule has 4 aromatic rings. The first-order chi connectivity index (χ1) is 14.7. The molecule has 6 heteroatoms. The van der Waals surface area contributed by atoms with Gasteiger partial charge in [0, 0.05) is 33.9 Å². The molecule has 1 aliphatic rings. The van der Waals surface area contributed by atoms with Crippen molar-refractivity contribution in [3.05, 3.63) is 113 Å². The first kappa shape index (κ1) is 19.0. The molecular weight excluding hydrogens is 456 g/mol. The Bertz CT molecular complexity index is 1160. The number of anilines is 1. The van der Waals surface area contributed by atoms with Crippen LogP contribution in [0.15, 0.2) is 102 Å². The van der Waals surface area contributed by atoms with Crippen LogP contribution in [-0.4, -0.2) is 14.7 Å². The van der Waals surface area contributed by atoms with Crippen molar-refractivity contribution in [3.63, 3.8) is 0 Å². The van der Waals surface area contributed by atoms with E-state index in [9.17, 15) is 0 Å². The molecule has 4 nitrogen and oxygen atoms in total. The van der Waals surface area contributed by atoms with Crippen LogP contribution in [0.1, 0.15) is 23.5 Å². The van der Waals surface area contributed by atoms with E-state index in [-0.39, 0.29) is 12.1 Å². The quantitative estimate of drug-likeness (QED) is 0.378. The first-order valence-electron chi connectivity index (χ1n) is 9.71. The molecule has 5 rings (SSSR count). The maximum absolute atomic E-state index is 5.81. The summed E-state index contributed by atoms with van der Waals surface area (Å²) >= 11 is 9.34. The Kier molecular flexibility index (Phi) is 5.11. The highest BCUT2D eigenvalue weighted by atomic mass is 79.9. The van der Waals surface area contributed by atoms with Crippen molar-refractivity contribution in [2.24, 2.45) is 0 Å². The topological polar surface area (TPSA) is 33.1 Å². The lowest BCUT2D eigenvalue weighted by molar-refractivity contribution is 0.549. The molecule has 0 saturated carbocycles. The van der Waals surface area contributed by atoms with E-state index in [4.69, 9.17) is 12.2 Å². The third-order valence-electron chi connectivity index (χ3n) is 5.32. The second-order valence-corrected chi connectivity index (χ2v) is 8.41. The highest BCUT2D eigenvalue weighted by molar-refractivity contribution is 9.10. The maximum Gasteiger partial charge on any atom is 0.174 e. The molecule has 2 aromatic heterocycles. The SMILES string of the molecule is S=C1N[C@@H](c2ccccn2)[C@@H](c2cccn2-c2ccccc2)N1c1ccc(Br)cc1. The molecular formula is C24H19BrN4S. The van der Waals surface area contributed by atoms with Gasteiger partial charge in [-0.25, -0.2) is 0 Å². The van der Waals surface area contributed by atoms with E-state index in [2.05, 4.69) is 90.4 Å². The number of nitrogens with zero attached hydrogens (tertiary/aromatic N) is 3. The van der Waals surface area contributed by atoms with Crippen molar-refractivity contribution in [3.8, 4) is 5.69 Å². The fourth-order valence-electron chi connectivity index (χ4n) is 3.99. The van der Waals surface area contributed by atoms with Gasteiger partial charge in [0.25, 0.3) is 0 Å². The minimum atomic E-state index is -0.0697. The molecule has 148 valence electrons. The fraction of sp³-hybridized carbons (Fsp3) is 0.0833. The molecule has 3 heterocycles. The van der Waals surface area contributed by atoms with Crippen LogP contribution in [0, 0.1) is 0 Å². The van der Waals surface area contributed by atoms with Crippen LogP contribution in [0.2, 0.25) is 0 Å². The summed E-state index contributed by atoms with van der Waals surface area (Å²) in [6.45, 7) is 0. The van der Waals surface area contributed by atoms with E-state index in [0.717, 1.165) is 27.2 Å². The molecule has 1 N–H and O–H groups in total. The van der Waals surface area contributed by atoms with Gasteiger partial charge in [-0.15, -0.1) is 0 Å². The number of benzene rings is 2. The normalized spacial score (nSPS) is 18.4. The summed E-state index contributed by atoms with van der Waals surface area (Å²) < 4.78 is 3.26. The number of para-hydroxylation sites is 1. The number of pyridine rings is 1. The van der Waals surface area contributed by atoms with Crippen molar-refractivity contribution in [2.45, 2.75) is 12.1 Å². The van der Waals surface area contributed by atoms with Gasteiger partial charge < -0.3 is 14.8 Å². The van der Waals surface area contributed by atoms with E-state index in [1.54, 1.807) is 0 Å². The van der Waals surface area contributed by atoms with Crippen molar-refractivity contribution in [1.82, 2.24) is 14.9 Å². The van der Waals surface area contributed by atoms with Gasteiger partial charge >= 0.3 is 0 Å². The van der Waals surface area contributed by atoms with Crippen molar-refractivity contribution in [1.29, 1.82) is 0 Å². The number of thiocarbonyl (C=S) groups is 1. The summed E-state index contributed by atoms with van der Waals surface area (Å²) in [6.07, 6.45) is 3.93. The van der Waals surface area contributed by atoms with E-state index in [1.165, 1.54) is 0 Å². The summed E-state index contributed by atoms with van der Waals surface area (Å²) in [5, 5.41) is 4.21. The Morgan fingerprint density at radius 1 is 0.833 bits per heavy atom. The predicted octanol–water partition coefficient (Wildman–Crippen LogP) is 5.81. The van der Waals surface area contributed by atoms with Gasteiger partial charge in [-0.1, -0.05) is 40.2 Å². The van der Waals surface area contributed by atoms with E-state index in [0.29, 0.717) is 5.11 Å². The Morgan fingerprint density at radius 3 is 2.33 bits per heavy atom.